The van der Waals surface area contributed by atoms with Gasteiger partial charge in [-0.3, -0.25) is 14.4 Å². The van der Waals surface area contributed by atoms with E-state index in [2.05, 4.69) is 5.32 Å². The van der Waals surface area contributed by atoms with Gasteiger partial charge in [0.15, 0.2) is 5.78 Å². The molecule has 2 aromatic rings. The molecule has 1 aliphatic rings. The lowest BCUT2D eigenvalue weighted by Crippen LogP contribution is -2.21. The molecule has 1 aromatic heterocycles. The molecule has 100 valence electrons. The van der Waals surface area contributed by atoms with E-state index in [0.29, 0.717) is 21.7 Å². The largest absolute Gasteiger partial charge is 0.324 e. The second kappa shape index (κ2) is 4.85. The van der Waals surface area contributed by atoms with Gasteiger partial charge in [0.1, 0.15) is 5.88 Å². The van der Waals surface area contributed by atoms with Crippen LogP contribution in [0.25, 0.3) is 0 Å². The molecule has 0 fully saturated rings. The minimum Gasteiger partial charge on any atom is -0.324 e. The Balaban J connectivity index is 2.13. The lowest BCUT2D eigenvalue weighted by molar-refractivity contribution is -0.113. The summed E-state index contributed by atoms with van der Waals surface area (Å²) in [5.74, 6) is -1.05. The number of nitrogens with one attached hydrogen (secondary N) is 1. The molecule has 20 heavy (non-hydrogen) atoms. The molecule has 1 amide bonds. The van der Waals surface area contributed by atoms with E-state index in [1.807, 2.05) is 0 Å². The van der Waals surface area contributed by atoms with Gasteiger partial charge in [0.05, 0.1) is 16.1 Å². The fraction of sp³-hybridized carbons (Fsp3) is 0.0714. The van der Waals surface area contributed by atoms with Crippen LogP contribution in [-0.2, 0) is 4.79 Å². The molecule has 0 spiro atoms. The number of thiophene rings is 1. The van der Waals surface area contributed by atoms with Crippen molar-refractivity contribution in [3.05, 3.63) is 51.2 Å². The number of alkyl halides is 1. The average Bonchev–Trinajstić information content (AvgIpc) is 2.88. The fourth-order valence-electron chi connectivity index (χ4n) is 2.16. The number of ketones is 2. The summed E-state index contributed by atoms with van der Waals surface area (Å²) < 4.78 is 0. The molecule has 0 saturated heterocycles. The van der Waals surface area contributed by atoms with Crippen molar-refractivity contribution in [1.29, 1.82) is 0 Å². The molecule has 1 aliphatic carbocycles. The summed E-state index contributed by atoms with van der Waals surface area (Å²) in [6, 6.07) is 6.68. The number of anilines is 1. The molecule has 4 nitrogen and oxygen atoms in total. The number of benzene rings is 1. The molecule has 0 bridgehead atoms. The summed E-state index contributed by atoms with van der Waals surface area (Å²) in [6.07, 6.45) is 0. The highest BCUT2D eigenvalue weighted by Gasteiger charge is 2.33. The van der Waals surface area contributed by atoms with Crippen LogP contribution in [0.1, 0.15) is 31.2 Å². The second-order valence-electron chi connectivity index (χ2n) is 4.24. The van der Waals surface area contributed by atoms with Crippen LogP contribution in [0.5, 0.6) is 0 Å². The van der Waals surface area contributed by atoms with E-state index in [9.17, 15) is 14.4 Å². The zero-order valence-corrected chi connectivity index (χ0v) is 11.7. The van der Waals surface area contributed by atoms with Gasteiger partial charge in [0.2, 0.25) is 11.7 Å². The van der Waals surface area contributed by atoms with Gasteiger partial charge in [-0.05, 0) is 0 Å². The normalized spacial score (nSPS) is 12.8. The van der Waals surface area contributed by atoms with Crippen molar-refractivity contribution in [2.45, 2.75) is 0 Å². The van der Waals surface area contributed by atoms with Gasteiger partial charge in [-0.2, -0.15) is 0 Å². The molecule has 0 unspecified atom stereocenters. The summed E-state index contributed by atoms with van der Waals surface area (Å²) in [6.45, 7) is 0. The predicted octanol–water partition coefficient (Wildman–Crippen LogP) is 2.70. The van der Waals surface area contributed by atoms with Gasteiger partial charge >= 0.3 is 0 Å². The van der Waals surface area contributed by atoms with Crippen LogP contribution < -0.4 is 5.32 Å². The number of halogens is 1. The number of hydrogen-bond donors (Lipinski definition) is 1. The van der Waals surface area contributed by atoms with Gasteiger partial charge in [0.25, 0.3) is 0 Å². The smallest absolute Gasteiger partial charge is 0.239 e. The highest BCUT2D eigenvalue weighted by Crippen LogP contribution is 2.36. The third-order valence-electron chi connectivity index (χ3n) is 3.04. The Hall–Kier alpha value is -1.98. The third-order valence-corrected chi connectivity index (χ3v) is 4.26. The topological polar surface area (TPSA) is 63.2 Å². The maximum Gasteiger partial charge on any atom is 0.239 e. The summed E-state index contributed by atoms with van der Waals surface area (Å²) in [5, 5.41) is 4.14. The Labute approximate surface area is 123 Å². The SMILES string of the molecule is O=C(CCl)Nc1csc2c1C(=O)c1ccccc1C2=O. The van der Waals surface area contributed by atoms with Crippen molar-refractivity contribution in [2.24, 2.45) is 0 Å². The van der Waals surface area contributed by atoms with E-state index in [1.165, 1.54) is 0 Å². The van der Waals surface area contributed by atoms with Crippen molar-refractivity contribution in [1.82, 2.24) is 0 Å². The molecular weight excluding hydrogens is 298 g/mol. The van der Waals surface area contributed by atoms with Gasteiger partial charge in [-0.25, -0.2) is 0 Å². The zero-order valence-electron chi connectivity index (χ0n) is 10.1. The number of carbonyl (C=O) groups is 3. The maximum atomic E-state index is 12.5. The fourth-order valence-corrected chi connectivity index (χ4v) is 3.18. The standard InChI is InChI=1S/C14H8ClNO3S/c15-5-10(17)16-9-6-20-14-11(9)12(18)7-3-1-2-4-8(7)13(14)19/h1-4,6H,5H2,(H,16,17). The lowest BCUT2D eigenvalue weighted by Gasteiger charge is -2.15. The Morgan fingerprint density at radius 2 is 1.80 bits per heavy atom. The van der Waals surface area contributed by atoms with Crippen LogP contribution in [0, 0.1) is 0 Å². The van der Waals surface area contributed by atoms with Crippen LogP contribution in [0.15, 0.2) is 29.6 Å². The van der Waals surface area contributed by atoms with E-state index in [1.54, 1.807) is 29.6 Å². The van der Waals surface area contributed by atoms with Crippen LogP contribution in [0.3, 0.4) is 0 Å². The number of amides is 1. The summed E-state index contributed by atoms with van der Waals surface area (Å²) in [7, 11) is 0. The Kier molecular flexibility index (Phi) is 3.16. The van der Waals surface area contributed by atoms with E-state index in [0.717, 1.165) is 11.3 Å². The van der Waals surface area contributed by atoms with E-state index in [4.69, 9.17) is 11.6 Å². The third kappa shape index (κ3) is 1.87. The van der Waals surface area contributed by atoms with E-state index < -0.39 is 5.91 Å². The molecule has 1 aromatic carbocycles. The first-order valence-electron chi connectivity index (χ1n) is 5.79. The molecule has 1 N–H and O–H groups in total. The first-order valence-corrected chi connectivity index (χ1v) is 7.20. The first kappa shape index (κ1) is 13.0. The van der Waals surface area contributed by atoms with E-state index in [-0.39, 0.29) is 23.0 Å². The highest BCUT2D eigenvalue weighted by molar-refractivity contribution is 7.13. The number of fused-ring (bicyclic) bond motifs is 2. The summed E-state index contributed by atoms with van der Waals surface area (Å²) >= 11 is 6.59. The molecule has 0 aliphatic heterocycles. The van der Waals surface area contributed by atoms with Gasteiger partial charge in [-0.15, -0.1) is 22.9 Å². The molecule has 0 radical (unpaired) electrons. The van der Waals surface area contributed by atoms with E-state index >= 15 is 0 Å². The van der Waals surface area contributed by atoms with Gasteiger partial charge in [0, 0.05) is 16.5 Å². The lowest BCUT2D eigenvalue weighted by atomic mass is 9.88. The summed E-state index contributed by atoms with van der Waals surface area (Å²) in [5.41, 5.74) is 1.38. The molecule has 0 saturated carbocycles. The minimum absolute atomic E-state index is 0.188. The van der Waals surface area contributed by atoms with Crippen molar-refractivity contribution >= 4 is 46.1 Å². The highest BCUT2D eigenvalue weighted by atomic mass is 35.5. The van der Waals surface area contributed by atoms with Crippen molar-refractivity contribution in [2.75, 3.05) is 11.2 Å². The first-order chi connectivity index (χ1) is 9.63. The Bertz CT molecular complexity index is 751. The van der Waals surface area contributed by atoms with Crippen LogP contribution in [0.2, 0.25) is 0 Å². The quantitative estimate of drug-likeness (QED) is 0.740. The number of rotatable bonds is 2. The van der Waals surface area contributed by atoms with Crippen molar-refractivity contribution in [3.8, 4) is 0 Å². The van der Waals surface area contributed by atoms with Crippen molar-refractivity contribution in [3.63, 3.8) is 0 Å². The Morgan fingerprint density at radius 1 is 1.15 bits per heavy atom. The molecule has 0 atom stereocenters. The van der Waals surface area contributed by atoms with Crippen LogP contribution in [0.4, 0.5) is 5.69 Å². The van der Waals surface area contributed by atoms with Gasteiger partial charge < -0.3 is 5.32 Å². The summed E-state index contributed by atoms with van der Waals surface area (Å²) in [4.78, 5) is 36.5. The number of carbonyl (C=O) groups excluding carboxylic acids is 3. The molecular formula is C14H8ClNO3S. The second-order valence-corrected chi connectivity index (χ2v) is 5.39. The van der Waals surface area contributed by atoms with Crippen LogP contribution in [-0.4, -0.2) is 23.4 Å². The zero-order chi connectivity index (χ0) is 14.3. The Morgan fingerprint density at radius 3 is 2.45 bits per heavy atom. The number of hydrogen-bond acceptors (Lipinski definition) is 4. The minimum atomic E-state index is -0.411. The predicted molar refractivity (Wildman–Crippen MR) is 77.0 cm³/mol. The monoisotopic (exact) mass is 305 g/mol. The molecule has 6 heteroatoms. The van der Waals surface area contributed by atoms with Crippen molar-refractivity contribution < 1.29 is 14.4 Å². The van der Waals surface area contributed by atoms with Crippen LogP contribution >= 0.6 is 22.9 Å². The van der Waals surface area contributed by atoms with Gasteiger partial charge in [-0.1, -0.05) is 24.3 Å². The average molecular weight is 306 g/mol. The molecule has 3 rings (SSSR count). The molecule has 1 heterocycles. The maximum absolute atomic E-state index is 12.5.